The van der Waals surface area contributed by atoms with E-state index in [0.717, 1.165) is 11.4 Å². The van der Waals surface area contributed by atoms with Gasteiger partial charge in [0.25, 0.3) is 0 Å². The van der Waals surface area contributed by atoms with Gasteiger partial charge in [-0.25, -0.2) is 0 Å². The van der Waals surface area contributed by atoms with Gasteiger partial charge in [-0.1, -0.05) is 133 Å². The molecular formula is C52H32N2S. The maximum atomic E-state index is 2.48. The third-order valence-corrected chi connectivity index (χ3v) is 12.7. The molecule has 0 aliphatic carbocycles. The fourth-order valence-electron chi connectivity index (χ4n) is 8.93. The normalized spacial score (nSPS) is 12.0. The predicted octanol–water partition coefficient (Wildman–Crippen LogP) is 14.7. The molecule has 0 saturated carbocycles. The highest BCUT2D eigenvalue weighted by molar-refractivity contribution is 7.25. The highest BCUT2D eigenvalue weighted by Gasteiger charge is 2.20. The van der Waals surface area contributed by atoms with Gasteiger partial charge in [-0.15, -0.1) is 11.3 Å². The van der Waals surface area contributed by atoms with Gasteiger partial charge in [0.15, 0.2) is 0 Å². The number of hydrogen-bond donors (Lipinski definition) is 0. The summed E-state index contributed by atoms with van der Waals surface area (Å²) in [7, 11) is 0. The van der Waals surface area contributed by atoms with E-state index in [1.165, 1.54) is 96.8 Å². The summed E-state index contributed by atoms with van der Waals surface area (Å²) in [6.07, 6.45) is 0. The summed E-state index contributed by atoms with van der Waals surface area (Å²) >= 11 is 1.86. The third kappa shape index (κ3) is 4.60. The molecule has 0 bridgehead atoms. The van der Waals surface area contributed by atoms with E-state index in [9.17, 15) is 0 Å². The van der Waals surface area contributed by atoms with Crippen molar-refractivity contribution in [2.45, 2.75) is 0 Å². The van der Waals surface area contributed by atoms with Crippen molar-refractivity contribution in [2.75, 3.05) is 0 Å². The summed E-state index contributed by atoms with van der Waals surface area (Å²) in [4.78, 5) is 0. The average Bonchev–Trinajstić information content (AvgIpc) is 3.90. The van der Waals surface area contributed by atoms with Crippen LogP contribution in [0.3, 0.4) is 0 Å². The van der Waals surface area contributed by atoms with Crippen LogP contribution in [-0.4, -0.2) is 9.13 Å². The number of thiophene rings is 1. The van der Waals surface area contributed by atoms with E-state index in [2.05, 4.69) is 203 Å². The van der Waals surface area contributed by atoms with E-state index in [-0.39, 0.29) is 0 Å². The van der Waals surface area contributed by atoms with Gasteiger partial charge >= 0.3 is 0 Å². The van der Waals surface area contributed by atoms with Crippen molar-refractivity contribution in [1.29, 1.82) is 0 Å². The molecule has 12 aromatic rings. The topological polar surface area (TPSA) is 9.86 Å². The molecule has 0 N–H and O–H groups in total. The van der Waals surface area contributed by atoms with Crippen LogP contribution in [0.25, 0.3) is 108 Å². The molecule has 0 aliphatic rings. The second-order valence-electron chi connectivity index (χ2n) is 14.5. The SMILES string of the molecule is c1ccc(-c2ccc(-n3c4cc5c(cc4c4ccc6ccccc6c43)c3ccccc3n5-c3ccc(-c4ccc5sc6ccccc6c5c4)cc3)cc2)cc1. The first kappa shape index (κ1) is 30.5. The zero-order chi connectivity index (χ0) is 36.0. The lowest BCUT2D eigenvalue weighted by atomic mass is 10.0. The zero-order valence-corrected chi connectivity index (χ0v) is 30.6. The van der Waals surface area contributed by atoms with Gasteiger partial charge in [0, 0.05) is 58.5 Å². The van der Waals surface area contributed by atoms with Crippen molar-refractivity contribution in [2.24, 2.45) is 0 Å². The van der Waals surface area contributed by atoms with Crippen molar-refractivity contribution in [3.63, 3.8) is 0 Å². The molecule has 0 spiro atoms. The van der Waals surface area contributed by atoms with E-state index in [4.69, 9.17) is 0 Å². The van der Waals surface area contributed by atoms with Crippen LogP contribution in [0.4, 0.5) is 0 Å². The highest BCUT2D eigenvalue weighted by atomic mass is 32.1. The molecule has 256 valence electrons. The minimum absolute atomic E-state index is 1.15. The Labute approximate surface area is 321 Å². The Hall–Kier alpha value is -6.94. The molecule has 0 aliphatic heterocycles. The molecule has 55 heavy (non-hydrogen) atoms. The number of nitrogens with zero attached hydrogens (tertiary/aromatic N) is 2. The maximum absolute atomic E-state index is 2.48. The fraction of sp³-hybridized carbons (Fsp3) is 0. The Kier molecular flexibility index (Phi) is 6.54. The number of benzene rings is 9. The minimum atomic E-state index is 1.15. The van der Waals surface area contributed by atoms with Crippen molar-refractivity contribution < 1.29 is 0 Å². The molecule has 3 heteroatoms. The lowest BCUT2D eigenvalue weighted by Crippen LogP contribution is -1.96. The van der Waals surface area contributed by atoms with E-state index >= 15 is 0 Å². The summed E-state index contributed by atoms with van der Waals surface area (Å²) in [5.41, 5.74) is 12.0. The van der Waals surface area contributed by atoms with Crippen LogP contribution < -0.4 is 0 Å². The molecule has 0 radical (unpaired) electrons. The van der Waals surface area contributed by atoms with Crippen LogP contribution in [0.5, 0.6) is 0 Å². The molecule has 0 saturated heterocycles. The second-order valence-corrected chi connectivity index (χ2v) is 15.6. The Morgan fingerprint density at radius 1 is 0.291 bits per heavy atom. The van der Waals surface area contributed by atoms with E-state index < -0.39 is 0 Å². The molecule has 9 aromatic carbocycles. The number of aromatic nitrogens is 2. The largest absolute Gasteiger partial charge is 0.309 e. The molecule has 2 nitrogen and oxygen atoms in total. The summed E-state index contributed by atoms with van der Waals surface area (Å²) in [6, 6.07) is 71.5. The Bertz CT molecular complexity index is 3450. The summed E-state index contributed by atoms with van der Waals surface area (Å²) < 4.78 is 7.59. The molecule has 3 heterocycles. The smallest absolute Gasteiger partial charge is 0.0619 e. The fourth-order valence-corrected chi connectivity index (χ4v) is 10.0. The summed E-state index contributed by atoms with van der Waals surface area (Å²) in [5.74, 6) is 0. The minimum Gasteiger partial charge on any atom is -0.309 e. The quantitative estimate of drug-likeness (QED) is 0.172. The van der Waals surface area contributed by atoms with E-state index in [1.807, 2.05) is 11.3 Å². The lowest BCUT2D eigenvalue weighted by Gasteiger charge is -2.12. The third-order valence-electron chi connectivity index (χ3n) is 11.5. The maximum Gasteiger partial charge on any atom is 0.0619 e. The van der Waals surface area contributed by atoms with Crippen LogP contribution in [0.2, 0.25) is 0 Å². The average molecular weight is 717 g/mol. The monoisotopic (exact) mass is 716 g/mol. The summed E-state index contributed by atoms with van der Waals surface area (Å²) in [5, 5.41) is 10.2. The van der Waals surface area contributed by atoms with Crippen LogP contribution >= 0.6 is 11.3 Å². The molecule has 0 amide bonds. The number of para-hydroxylation sites is 1. The first-order valence-electron chi connectivity index (χ1n) is 18.8. The van der Waals surface area contributed by atoms with Gasteiger partial charge in [0.05, 0.1) is 22.1 Å². The van der Waals surface area contributed by atoms with Gasteiger partial charge in [0.1, 0.15) is 0 Å². The standard InChI is InChI=1S/C52H32N2S/c1-2-10-33(11-3-1)34-18-26-39(27-19-34)54-49-32-48-44(31-45(49)43-28-22-36-12-4-5-13-40(36)52(43)54)41-14-6-8-16-47(41)53(48)38-24-20-35(21-25-38)37-23-29-51-46(30-37)42-15-7-9-17-50(42)55-51/h1-32H. The zero-order valence-electron chi connectivity index (χ0n) is 29.8. The van der Waals surface area contributed by atoms with E-state index in [1.54, 1.807) is 0 Å². The number of hydrogen-bond acceptors (Lipinski definition) is 1. The van der Waals surface area contributed by atoms with Crippen molar-refractivity contribution >= 4 is 85.9 Å². The molecule has 0 fully saturated rings. The van der Waals surface area contributed by atoms with Crippen LogP contribution in [0.1, 0.15) is 0 Å². The van der Waals surface area contributed by atoms with Crippen molar-refractivity contribution in [3.8, 4) is 33.6 Å². The highest BCUT2D eigenvalue weighted by Crippen LogP contribution is 2.42. The first-order valence-corrected chi connectivity index (χ1v) is 19.7. The number of fused-ring (bicyclic) bond motifs is 11. The van der Waals surface area contributed by atoms with Gasteiger partial charge in [-0.3, -0.25) is 0 Å². The molecular weight excluding hydrogens is 685 g/mol. The Morgan fingerprint density at radius 3 is 1.69 bits per heavy atom. The predicted molar refractivity (Wildman–Crippen MR) is 236 cm³/mol. The van der Waals surface area contributed by atoms with Crippen LogP contribution in [0, 0.1) is 0 Å². The van der Waals surface area contributed by atoms with Crippen LogP contribution in [-0.2, 0) is 0 Å². The molecule has 3 aromatic heterocycles. The van der Waals surface area contributed by atoms with Gasteiger partial charge in [0.2, 0.25) is 0 Å². The Balaban J connectivity index is 1.08. The van der Waals surface area contributed by atoms with Gasteiger partial charge < -0.3 is 9.13 Å². The first-order chi connectivity index (χ1) is 27.3. The summed E-state index contributed by atoms with van der Waals surface area (Å²) in [6.45, 7) is 0. The van der Waals surface area contributed by atoms with Crippen molar-refractivity contribution in [1.82, 2.24) is 9.13 Å². The lowest BCUT2D eigenvalue weighted by molar-refractivity contribution is 1.17. The Morgan fingerprint density at radius 2 is 0.873 bits per heavy atom. The van der Waals surface area contributed by atoms with Gasteiger partial charge in [-0.05, 0) is 88.3 Å². The van der Waals surface area contributed by atoms with Crippen LogP contribution in [0.15, 0.2) is 194 Å². The second kappa shape index (κ2) is 11.8. The molecule has 12 rings (SSSR count). The van der Waals surface area contributed by atoms with E-state index in [0.29, 0.717) is 0 Å². The molecule has 0 atom stereocenters. The van der Waals surface area contributed by atoms with Gasteiger partial charge in [-0.2, -0.15) is 0 Å². The van der Waals surface area contributed by atoms with Crippen molar-refractivity contribution in [3.05, 3.63) is 194 Å². The number of rotatable bonds is 4. The molecule has 0 unspecified atom stereocenters.